The van der Waals surface area contributed by atoms with Crippen molar-refractivity contribution in [1.29, 1.82) is 0 Å². The Labute approximate surface area is 97.3 Å². The Morgan fingerprint density at radius 3 is 2.69 bits per heavy atom. The van der Waals surface area contributed by atoms with Gasteiger partial charge < -0.3 is 4.90 Å². The molecule has 0 unspecified atom stereocenters. The van der Waals surface area contributed by atoms with Crippen LogP contribution in [-0.4, -0.2) is 17.9 Å². The number of likely N-dealkylation sites (N-methyl/N-ethyl adjacent to an activating group) is 1. The highest BCUT2D eigenvalue weighted by Crippen LogP contribution is 2.36. The summed E-state index contributed by atoms with van der Waals surface area (Å²) in [5, 5.41) is 0. The van der Waals surface area contributed by atoms with Crippen LogP contribution in [0.2, 0.25) is 0 Å². The van der Waals surface area contributed by atoms with E-state index in [1.54, 1.807) is 4.90 Å². The van der Waals surface area contributed by atoms with Gasteiger partial charge in [0.25, 0.3) is 0 Å². The molecule has 1 fully saturated rings. The fourth-order valence-electron chi connectivity index (χ4n) is 2.44. The van der Waals surface area contributed by atoms with Gasteiger partial charge >= 0.3 is 0 Å². The van der Waals surface area contributed by atoms with E-state index < -0.39 is 0 Å². The molecule has 0 aromatic rings. The van der Waals surface area contributed by atoms with Gasteiger partial charge in [0.05, 0.1) is 0 Å². The zero-order valence-electron chi connectivity index (χ0n) is 10.5. The Balaban J connectivity index is 2.53. The molecule has 0 bridgehead atoms. The third kappa shape index (κ3) is 1.84. The van der Waals surface area contributed by atoms with Crippen molar-refractivity contribution in [3.05, 3.63) is 35.1 Å². The number of fused-ring (bicyclic) bond motifs is 1. The number of carbonyl (C=O) groups excluding carboxylic acids is 1. The highest BCUT2D eigenvalue weighted by Gasteiger charge is 2.27. The van der Waals surface area contributed by atoms with Gasteiger partial charge in [-0.05, 0) is 24.5 Å². The average molecular weight is 217 g/mol. The van der Waals surface area contributed by atoms with Crippen molar-refractivity contribution in [1.82, 2.24) is 4.90 Å². The van der Waals surface area contributed by atoms with Crippen LogP contribution in [0.3, 0.4) is 0 Å². The molecule has 0 radical (unpaired) electrons. The van der Waals surface area contributed by atoms with Crippen LogP contribution in [0.5, 0.6) is 0 Å². The number of likely N-dealkylation sites (tertiary alicyclic amines) is 1. The molecular weight excluding hydrogens is 198 g/mol. The van der Waals surface area contributed by atoms with Gasteiger partial charge in [0.2, 0.25) is 5.91 Å². The van der Waals surface area contributed by atoms with Crippen LogP contribution in [0.15, 0.2) is 35.1 Å². The minimum atomic E-state index is 0.0829. The largest absolute Gasteiger partial charge is 0.315 e. The van der Waals surface area contributed by atoms with E-state index >= 15 is 0 Å². The van der Waals surface area contributed by atoms with E-state index in [0.717, 1.165) is 12.1 Å². The van der Waals surface area contributed by atoms with Gasteiger partial charge in [-0.15, -0.1) is 0 Å². The lowest BCUT2D eigenvalue weighted by molar-refractivity contribution is -0.128. The molecular formula is C14H19NO. The van der Waals surface area contributed by atoms with E-state index in [1.807, 2.05) is 7.05 Å². The predicted octanol–water partition coefficient (Wildman–Crippen LogP) is 3.04. The molecule has 2 aliphatic rings. The van der Waals surface area contributed by atoms with Crippen LogP contribution in [0, 0.1) is 5.41 Å². The van der Waals surface area contributed by atoms with E-state index in [2.05, 4.69) is 39.0 Å². The van der Waals surface area contributed by atoms with Crippen LogP contribution >= 0.6 is 0 Å². The predicted molar refractivity (Wildman–Crippen MR) is 65.7 cm³/mol. The summed E-state index contributed by atoms with van der Waals surface area (Å²) in [6.45, 7) is 6.47. The molecule has 1 saturated heterocycles. The first-order valence-corrected chi connectivity index (χ1v) is 5.79. The first kappa shape index (κ1) is 11.2. The Bertz CT molecular complexity index is 424. The molecule has 0 spiro atoms. The minimum Gasteiger partial charge on any atom is -0.315 e. The molecule has 0 N–H and O–H groups in total. The number of piperidine rings is 1. The SMILES string of the molecule is CC1=C2C(=CC(C)(C)C=C1)CCC(=O)N2C. The molecule has 1 heterocycles. The summed E-state index contributed by atoms with van der Waals surface area (Å²) in [4.78, 5) is 13.5. The summed E-state index contributed by atoms with van der Waals surface area (Å²) < 4.78 is 0. The summed E-state index contributed by atoms with van der Waals surface area (Å²) in [5.41, 5.74) is 3.69. The smallest absolute Gasteiger partial charge is 0.227 e. The van der Waals surface area contributed by atoms with Crippen molar-refractivity contribution in [2.75, 3.05) is 7.05 Å². The van der Waals surface area contributed by atoms with Crippen LogP contribution < -0.4 is 0 Å². The Hall–Kier alpha value is -1.31. The lowest BCUT2D eigenvalue weighted by Gasteiger charge is -2.30. The summed E-state index contributed by atoms with van der Waals surface area (Å²) in [6.07, 6.45) is 8.14. The van der Waals surface area contributed by atoms with E-state index in [-0.39, 0.29) is 11.3 Å². The highest BCUT2D eigenvalue weighted by molar-refractivity contribution is 5.81. The maximum atomic E-state index is 11.7. The van der Waals surface area contributed by atoms with Gasteiger partial charge in [-0.25, -0.2) is 0 Å². The third-order valence-corrected chi connectivity index (χ3v) is 3.30. The maximum absolute atomic E-state index is 11.7. The fourth-order valence-corrected chi connectivity index (χ4v) is 2.44. The lowest BCUT2D eigenvalue weighted by Crippen LogP contribution is -2.32. The second kappa shape index (κ2) is 3.62. The molecule has 2 heteroatoms. The second-order valence-corrected chi connectivity index (χ2v) is 5.31. The number of allylic oxidation sites excluding steroid dienone is 5. The van der Waals surface area contributed by atoms with E-state index in [9.17, 15) is 4.79 Å². The van der Waals surface area contributed by atoms with Gasteiger partial charge in [-0.1, -0.05) is 32.1 Å². The fraction of sp³-hybridized carbons (Fsp3) is 0.500. The van der Waals surface area contributed by atoms with Gasteiger partial charge in [0, 0.05) is 24.6 Å². The Morgan fingerprint density at radius 2 is 2.00 bits per heavy atom. The zero-order valence-corrected chi connectivity index (χ0v) is 10.5. The highest BCUT2D eigenvalue weighted by atomic mass is 16.2. The Morgan fingerprint density at radius 1 is 1.31 bits per heavy atom. The summed E-state index contributed by atoms with van der Waals surface area (Å²) in [7, 11) is 1.88. The van der Waals surface area contributed by atoms with Gasteiger partial charge in [-0.2, -0.15) is 0 Å². The maximum Gasteiger partial charge on any atom is 0.227 e. The van der Waals surface area contributed by atoms with Gasteiger partial charge in [0.1, 0.15) is 0 Å². The molecule has 0 atom stereocenters. The minimum absolute atomic E-state index is 0.0829. The molecule has 1 aliphatic carbocycles. The van der Waals surface area contributed by atoms with Crippen LogP contribution in [0.25, 0.3) is 0 Å². The van der Waals surface area contributed by atoms with Gasteiger partial charge in [-0.3, -0.25) is 4.79 Å². The number of hydrogen-bond acceptors (Lipinski definition) is 1. The lowest BCUT2D eigenvalue weighted by atomic mass is 9.88. The third-order valence-electron chi connectivity index (χ3n) is 3.30. The molecule has 0 aromatic heterocycles. The quantitative estimate of drug-likeness (QED) is 0.610. The standard InChI is InChI=1S/C14H19NO/c1-10-7-8-14(2,3)9-11-5-6-12(16)15(4)13(10)11/h7-9H,5-6H2,1-4H3. The number of rotatable bonds is 0. The molecule has 0 aromatic carbocycles. The molecule has 0 saturated carbocycles. The van der Waals surface area contributed by atoms with Crippen molar-refractivity contribution in [3.8, 4) is 0 Å². The van der Waals surface area contributed by atoms with Crippen molar-refractivity contribution in [2.24, 2.45) is 5.41 Å². The van der Waals surface area contributed by atoms with Crippen LogP contribution in [0.4, 0.5) is 0 Å². The van der Waals surface area contributed by atoms with Crippen molar-refractivity contribution in [2.45, 2.75) is 33.6 Å². The summed E-state index contributed by atoms with van der Waals surface area (Å²) >= 11 is 0. The van der Waals surface area contributed by atoms with Crippen LogP contribution in [0.1, 0.15) is 33.6 Å². The zero-order chi connectivity index (χ0) is 11.9. The number of amides is 1. The molecule has 2 rings (SSSR count). The van der Waals surface area contributed by atoms with E-state index in [0.29, 0.717) is 6.42 Å². The number of nitrogens with zero attached hydrogens (tertiary/aromatic N) is 1. The first-order chi connectivity index (χ1) is 7.41. The molecule has 1 aliphatic heterocycles. The first-order valence-electron chi connectivity index (χ1n) is 5.79. The summed E-state index contributed by atoms with van der Waals surface area (Å²) in [6, 6.07) is 0. The van der Waals surface area contributed by atoms with Crippen LogP contribution in [-0.2, 0) is 4.79 Å². The van der Waals surface area contributed by atoms with Crippen molar-refractivity contribution in [3.63, 3.8) is 0 Å². The molecule has 2 nitrogen and oxygen atoms in total. The number of hydrogen-bond donors (Lipinski definition) is 0. The normalized spacial score (nSPS) is 24.1. The van der Waals surface area contributed by atoms with Gasteiger partial charge in [0.15, 0.2) is 0 Å². The molecule has 86 valence electrons. The van der Waals surface area contributed by atoms with E-state index in [1.165, 1.54) is 11.1 Å². The molecule has 1 amide bonds. The topological polar surface area (TPSA) is 20.3 Å². The monoisotopic (exact) mass is 217 g/mol. The van der Waals surface area contributed by atoms with Crippen molar-refractivity contribution >= 4 is 5.91 Å². The van der Waals surface area contributed by atoms with E-state index in [4.69, 9.17) is 0 Å². The summed E-state index contributed by atoms with van der Waals surface area (Å²) in [5.74, 6) is 0.222. The number of carbonyl (C=O) groups is 1. The Kier molecular flexibility index (Phi) is 2.53. The second-order valence-electron chi connectivity index (χ2n) is 5.31. The molecule has 16 heavy (non-hydrogen) atoms. The average Bonchev–Trinajstić information content (AvgIpc) is 2.31. The van der Waals surface area contributed by atoms with Crippen molar-refractivity contribution < 1.29 is 4.79 Å².